The molecule has 0 aromatic heterocycles. The molecule has 8 heteroatoms. The molecule has 1 saturated heterocycles. The van der Waals surface area contributed by atoms with Crippen LogP contribution in [0.4, 0.5) is 0 Å². The van der Waals surface area contributed by atoms with Crippen molar-refractivity contribution in [1.29, 1.82) is 0 Å². The van der Waals surface area contributed by atoms with E-state index in [0.29, 0.717) is 45.5 Å². The van der Waals surface area contributed by atoms with Crippen LogP contribution >= 0.6 is 51.5 Å². The van der Waals surface area contributed by atoms with Gasteiger partial charge in [-0.25, -0.2) is 0 Å². The summed E-state index contributed by atoms with van der Waals surface area (Å²) in [4.78, 5) is 15.2. The minimum Gasteiger partial charge on any atom is -0.490 e. The highest BCUT2D eigenvalue weighted by Crippen LogP contribution is 2.40. The number of carbonyl (C=O) groups is 1. The van der Waals surface area contributed by atoms with Gasteiger partial charge in [-0.3, -0.25) is 9.69 Å². The first kappa shape index (κ1) is 24.8. The van der Waals surface area contributed by atoms with Gasteiger partial charge in [0.25, 0.3) is 5.91 Å². The van der Waals surface area contributed by atoms with Crippen LogP contribution < -0.4 is 9.47 Å². The van der Waals surface area contributed by atoms with Crippen LogP contribution in [0, 0.1) is 0 Å². The van der Waals surface area contributed by atoms with Gasteiger partial charge in [0.2, 0.25) is 0 Å². The largest absolute Gasteiger partial charge is 0.490 e. The number of benzene rings is 3. The van der Waals surface area contributed by atoms with Crippen LogP contribution in [-0.4, -0.2) is 21.7 Å². The van der Waals surface area contributed by atoms with Crippen LogP contribution in [0.3, 0.4) is 0 Å². The van der Waals surface area contributed by atoms with Gasteiger partial charge in [-0.2, -0.15) is 0 Å². The van der Waals surface area contributed by atoms with Gasteiger partial charge < -0.3 is 9.47 Å². The number of ether oxygens (including phenoxy) is 2. The molecule has 0 aliphatic carbocycles. The maximum Gasteiger partial charge on any atom is 0.266 e. The molecule has 0 atom stereocenters. The van der Waals surface area contributed by atoms with Crippen LogP contribution in [0.25, 0.3) is 6.08 Å². The number of hydrogen-bond donors (Lipinski definition) is 0. The van der Waals surface area contributed by atoms with E-state index in [9.17, 15) is 4.79 Å². The number of hydrogen-bond acceptors (Lipinski definition) is 5. The third-order valence-corrected chi connectivity index (χ3v) is 7.35. The van der Waals surface area contributed by atoms with Gasteiger partial charge in [-0.15, -0.1) is 0 Å². The molecule has 1 aliphatic heterocycles. The Balaban J connectivity index is 1.56. The van der Waals surface area contributed by atoms with Gasteiger partial charge in [0.1, 0.15) is 10.9 Å². The predicted octanol–water partition coefficient (Wildman–Crippen LogP) is 7.48. The highest BCUT2D eigenvalue weighted by molar-refractivity contribution is 9.10. The van der Waals surface area contributed by atoms with E-state index in [1.54, 1.807) is 4.90 Å². The average Bonchev–Trinajstić information content (AvgIpc) is 3.08. The molecule has 4 rings (SSSR count). The van der Waals surface area contributed by atoms with Gasteiger partial charge in [0.15, 0.2) is 11.5 Å². The fourth-order valence-electron chi connectivity index (χ4n) is 3.39. The van der Waals surface area contributed by atoms with E-state index in [1.807, 2.05) is 79.7 Å². The van der Waals surface area contributed by atoms with E-state index >= 15 is 0 Å². The molecule has 1 fully saturated rings. The van der Waals surface area contributed by atoms with Crippen LogP contribution in [0.2, 0.25) is 5.02 Å². The lowest BCUT2D eigenvalue weighted by Gasteiger charge is -2.15. The Labute approximate surface area is 222 Å². The lowest BCUT2D eigenvalue weighted by molar-refractivity contribution is -0.122. The average molecular weight is 575 g/mol. The molecular formula is C26H21BrClNO3S2. The van der Waals surface area contributed by atoms with Crippen molar-refractivity contribution in [1.82, 2.24) is 4.90 Å². The molecule has 4 nitrogen and oxygen atoms in total. The number of nitrogens with zero attached hydrogens (tertiary/aromatic N) is 1. The first-order valence-electron chi connectivity index (χ1n) is 10.6. The second-order valence-electron chi connectivity index (χ2n) is 7.40. The first-order chi connectivity index (χ1) is 16.5. The first-order valence-corrected chi connectivity index (χ1v) is 13.0. The molecule has 174 valence electrons. The number of thioether (sulfide) groups is 1. The summed E-state index contributed by atoms with van der Waals surface area (Å²) >= 11 is 16.6. The summed E-state index contributed by atoms with van der Waals surface area (Å²) in [7, 11) is 0. The van der Waals surface area contributed by atoms with Crippen molar-refractivity contribution in [3.8, 4) is 11.5 Å². The predicted molar refractivity (Wildman–Crippen MR) is 146 cm³/mol. The van der Waals surface area contributed by atoms with Crippen LogP contribution in [0.5, 0.6) is 11.5 Å². The third kappa shape index (κ3) is 5.84. The molecule has 3 aromatic carbocycles. The lowest BCUT2D eigenvalue weighted by atomic mass is 10.1. The van der Waals surface area contributed by atoms with E-state index in [-0.39, 0.29) is 5.91 Å². The fraction of sp³-hybridized carbons (Fsp3) is 0.154. The van der Waals surface area contributed by atoms with Crippen molar-refractivity contribution in [2.75, 3.05) is 6.61 Å². The molecule has 0 bridgehead atoms. The number of carbonyl (C=O) groups excluding carboxylic acids is 1. The van der Waals surface area contributed by atoms with Crippen LogP contribution in [0.1, 0.15) is 23.6 Å². The number of rotatable bonds is 8. The Kier molecular flexibility index (Phi) is 8.32. The standard InChI is InChI=1S/C26H21BrClNO3S2/c1-2-31-22-13-18(12-20(27)24(22)32-16-19-10-6-7-11-21(19)28)14-23-25(30)29(26(33)34-23)15-17-8-4-3-5-9-17/h3-14H,2,15-16H2,1H3/b23-14-. The summed E-state index contributed by atoms with van der Waals surface area (Å²) in [6.07, 6.45) is 1.83. The molecule has 1 aliphatic rings. The maximum absolute atomic E-state index is 13.0. The summed E-state index contributed by atoms with van der Waals surface area (Å²) < 4.78 is 13.2. The van der Waals surface area contributed by atoms with Gasteiger partial charge >= 0.3 is 0 Å². The molecule has 1 heterocycles. The minimum atomic E-state index is -0.105. The molecule has 0 spiro atoms. The third-order valence-electron chi connectivity index (χ3n) is 5.02. The Hall–Kier alpha value is -2.32. The van der Waals surface area contributed by atoms with Crippen LogP contribution in [0.15, 0.2) is 76.1 Å². The van der Waals surface area contributed by atoms with Crippen molar-refractivity contribution in [3.05, 3.63) is 97.8 Å². The second-order valence-corrected chi connectivity index (χ2v) is 10.3. The fourth-order valence-corrected chi connectivity index (χ4v) is 5.41. The maximum atomic E-state index is 13.0. The minimum absolute atomic E-state index is 0.105. The van der Waals surface area contributed by atoms with Crippen molar-refractivity contribution in [3.63, 3.8) is 0 Å². The van der Waals surface area contributed by atoms with Crippen molar-refractivity contribution in [2.45, 2.75) is 20.1 Å². The zero-order valence-corrected chi connectivity index (χ0v) is 22.3. The molecule has 0 saturated carbocycles. The number of halogens is 2. The number of amides is 1. The quantitative estimate of drug-likeness (QED) is 0.206. The molecule has 3 aromatic rings. The van der Waals surface area contributed by atoms with E-state index < -0.39 is 0 Å². The van der Waals surface area contributed by atoms with Crippen LogP contribution in [-0.2, 0) is 17.9 Å². The zero-order chi connectivity index (χ0) is 24.1. The summed E-state index contributed by atoms with van der Waals surface area (Å²) in [5.74, 6) is 1.05. The Morgan fingerprint density at radius 3 is 2.56 bits per heavy atom. The topological polar surface area (TPSA) is 38.8 Å². The monoisotopic (exact) mass is 573 g/mol. The lowest BCUT2D eigenvalue weighted by Crippen LogP contribution is -2.27. The van der Waals surface area contributed by atoms with Crippen molar-refractivity contribution >= 4 is 67.8 Å². The molecule has 34 heavy (non-hydrogen) atoms. The molecule has 0 radical (unpaired) electrons. The second kappa shape index (κ2) is 11.4. The van der Waals surface area contributed by atoms with Gasteiger partial charge in [-0.1, -0.05) is 84.1 Å². The van der Waals surface area contributed by atoms with E-state index in [2.05, 4.69) is 15.9 Å². The van der Waals surface area contributed by atoms with Crippen molar-refractivity contribution in [2.24, 2.45) is 0 Å². The summed E-state index contributed by atoms with van der Waals surface area (Å²) in [6, 6.07) is 21.1. The normalized spacial score (nSPS) is 14.7. The summed E-state index contributed by atoms with van der Waals surface area (Å²) in [5, 5.41) is 0.644. The van der Waals surface area contributed by atoms with E-state index in [0.717, 1.165) is 21.2 Å². The van der Waals surface area contributed by atoms with E-state index in [4.69, 9.17) is 33.3 Å². The SMILES string of the molecule is CCOc1cc(/C=C2\SC(=S)N(Cc3ccccc3)C2=O)cc(Br)c1OCc1ccccc1Cl. The molecule has 0 N–H and O–H groups in total. The van der Waals surface area contributed by atoms with Crippen molar-refractivity contribution < 1.29 is 14.3 Å². The van der Waals surface area contributed by atoms with Gasteiger partial charge in [0.05, 0.1) is 22.5 Å². The molecule has 1 amide bonds. The highest BCUT2D eigenvalue weighted by atomic mass is 79.9. The summed E-state index contributed by atoms with van der Waals surface area (Å²) in [6.45, 7) is 3.13. The Morgan fingerprint density at radius 2 is 1.82 bits per heavy atom. The number of thiocarbonyl (C=S) groups is 1. The molecule has 0 unspecified atom stereocenters. The molecular weight excluding hydrogens is 554 g/mol. The van der Waals surface area contributed by atoms with Gasteiger partial charge in [0, 0.05) is 10.6 Å². The zero-order valence-electron chi connectivity index (χ0n) is 18.3. The Bertz CT molecular complexity index is 1250. The highest BCUT2D eigenvalue weighted by Gasteiger charge is 2.32. The summed E-state index contributed by atoms with van der Waals surface area (Å²) in [5.41, 5.74) is 2.71. The van der Waals surface area contributed by atoms with Gasteiger partial charge in [-0.05, 0) is 58.3 Å². The van der Waals surface area contributed by atoms with E-state index in [1.165, 1.54) is 11.8 Å². The smallest absolute Gasteiger partial charge is 0.266 e. The Morgan fingerprint density at radius 1 is 1.09 bits per heavy atom.